The van der Waals surface area contributed by atoms with Gasteiger partial charge in [0, 0.05) is 24.8 Å². The van der Waals surface area contributed by atoms with Gasteiger partial charge in [0.2, 0.25) is 0 Å². The predicted octanol–water partition coefficient (Wildman–Crippen LogP) is 2.24. The van der Waals surface area contributed by atoms with Crippen LogP contribution in [0.1, 0.15) is 36.0 Å². The number of anilines is 1. The Hall–Kier alpha value is -2.57. The minimum absolute atomic E-state index is 0.158. The van der Waals surface area contributed by atoms with Crippen LogP contribution >= 0.6 is 0 Å². The molecule has 0 radical (unpaired) electrons. The highest BCUT2D eigenvalue weighted by Crippen LogP contribution is 2.25. The van der Waals surface area contributed by atoms with Crippen molar-refractivity contribution in [2.24, 2.45) is 5.92 Å². The van der Waals surface area contributed by atoms with Crippen molar-refractivity contribution in [3.63, 3.8) is 0 Å². The van der Waals surface area contributed by atoms with Gasteiger partial charge >= 0.3 is 12.0 Å². The van der Waals surface area contributed by atoms with E-state index in [-0.39, 0.29) is 18.5 Å². The summed E-state index contributed by atoms with van der Waals surface area (Å²) in [6.07, 6.45) is 4.87. The van der Waals surface area contributed by atoms with Crippen molar-refractivity contribution < 1.29 is 19.1 Å². The monoisotopic (exact) mass is 347 g/mol. The summed E-state index contributed by atoms with van der Waals surface area (Å²) in [6, 6.07) is 6.36. The van der Waals surface area contributed by atoms with Crippen LogP contribution in [0.4, 0.5) is 10.5 Å². The van der Waals surface area contributed by atoms with Gasteiger partial charge in [-0.3, -0.25) is 9.59 Å². The van der Waals surface area contributed by atoms with Crippen molar-refractivity contribution in [1.29, 1.82) is 0 Å². The number of nitrogens with one attached hydrogen (secondary N) is 2. The molecule has 2 N–H and O–H groups in total. The van der Waals surface area contributed by atoms with Crippen molar-refractivity contribution in [2.45, 2.75) is 25.7 Å². The van der Waals surface area contributed by atoms with E-state index in [2.05, 4.69) is 15.4 Å². The van der Waals surface area contributed by atoms with Gasteiger partial charge in [0.25, 0.3) is 5.91 Å². The zero-order chi connectivity index (χ0) is 18.2. The van der Waals surface area contributed by atoms with Gasteiger partial charge < -0.3 is 20.3 Å². The van der Waals surface area contributed by atoms with Crippen molar-refractivity contribution >= 4 is 23.6 Å². The summed E-state index contributed by atoms with van der Waals surface area (Å²) >= 11 is 0. The molecule has 0 aromatic heterocycles. The third-order valence-electron chi connectivity index (χ3n) is 4.37. The largest absolute Gasteiger partial charge is 0.468 e. The fourth-order valence-corrected chi connectivity index (χ4v) is 2.91. The Balaban J connectivity index is 1.83. The number of carbonyl (C=O) groups is 3. The van der Waals surface area contributed by atoms with E-state index >= 15 is 0 Å². The van der Waals surface area contributed by atoms with Gasteiger partial charge in [-0.15, -0.1) is 0 Å². The normalized spacial score (nSPS) is 14.0. The molecule has 25 heavy (non-hydrogen) atoms. The van der Waals surface area contributed by atoms with Crippen molar-refractivity contribution in [2.75, 3.05) is 32.6 Å². The first-order chi connectivity index (χ1) is 12.0. The summed E-state index contributed by atoms with van der Waals surface area (Å²) in [6.45, 7) is 0.583. The smallest absolute Gasteiger partial charge is 0.325 e. The molecule has 7 nitrogen and oxygen atoms in total. The number of methoxy groups -OCH3 is 1. The van der Waals surface area contributed by atoms with Crippen LogP contribution in [0.15, 0.2) is 24.3 Å². The van der Waals surface area contributed by atoms with E-state index in [9.17, 15) is 14.4 Å². The molecule has 0 atom stereocenters. The van der Waals surface area contributed by atoms with E-state index in [1.807, 2.05) is 0 Å². The Morgan fingerprint density at radius 3 is 2.40 bits per heavy atom. The lowest BCUT2D eigenvalue weighted by Gasteiger charge is -2.21. The predicted molar refractivity (Wildman–Crippen MR) is 94.4 cm³/mol. The summed E-state index contributed by atoms with van der Waals surface area (Å²) in [5.41, 5.74) is 1.02. The van der Waals surface area contributed by atoms with E-state index in [0.717, 1.165) is 6.54 Å². The zero-order valence-corrected chi connectivity index (χ0v) is 14.7. The fourth-order valence-electron chi connectivity index (χ4n) is 2.91. The molecule has 2 rings (SSSR count). The molecular weight excluding hydrogens is 322 g/mol. The lowest BCUT2D eigenvalue weighted by molar-refractivity contribution is -0.139. The van der Waals surface area contributed by atoms with Gasteiger partial charge in [0.1, 0.15) is 6.54 Å². The molecule has 0 unspecified atom stereocenters. The molecular formula is C18H25N3O4. The number of hydrogen-bond acceptors (Lipinski definition) is 4. The number of esters is 1. The highest BCUT2D eigenvalue weighted by molar-refractivity contribution is 5.96. The van der Waals surface area contributed by atoms with Gasteiger partial charge in [-0.1, -0.05) is 12.8 Å². The summed E-state index contributed by atoms with van der Waals surface area (Å²) < 4.78 is 4.46. The molecule has 0 saturated heterocycles. The van der Waals surface area contributed by atoms with E-state index in [1.165, 1.54) is 32.8 Å². The maximum absolute atomic E-state index is 12.2. The Morgan fingerprint density at radius 2 is 1.80 bits per heavy atom. The van der Waals surface area contributed by atoms with Gasteiger partial charge in [0.05, 0.1) is 7.11 Å². The molecule has 7 heteroatoms. The number of rotatable bonds is 6. The van der Waals surface area contributed by atoms with Crippen molar-refractivity contribution in [3.05, 3.63) is 29.8 Å². The number of urea groups is 1. The minimum atomic E-state index is -0.512. The van der Waals surface area contributed by atoms with E-state index < -0.39 is 5.97 Å². The molecule has 1 aliphatic rings. The second kappa shape index (κ2) is 9.05. The molecule has 0 aliphatic heterocycles. The molecule has 3 amide bonds. The molecule has 1 fully saturated rings. The third kappa shape index (κ3) is 5.77. The maximum Gasteiger partial charge on any atom is 0.325 e. The van der Waals surface area contributed by atoms with Crippen LogP contribution in [0, 0.1) is 5.92 Å². The SMILES string of the molecule is COC(=O)CNC(=O)c1ccc(NC(=O)N(C)CC2CCCC2)cc1. The van der Waals surface area contributed by atoms with Crippen LogP contribution in [-0.2, 0) is 9.53 Å². The maximum atomic E-state index is 12.2. The summed E-state index contributed by atoms with van der Waals surface area (Å²) in [4.78, 5) is 36.8. The van der Waals surface area contributed by atoms with Crippen LogP contribution < -0.4 is 10.6 Å². The number of ether oxygens (including phenoxy) is 1. The van der Waals surface area contributed by atoms with Gasteiger partial charge in [-0.05, 0) is 43.0 Å². The second-order valence-electron chi connectivity index (χ2n) is 6.30. The standard InChI is InChI=1S/C18H25N3O4/c1-21(12-13-5-3-4-6-13)18(24)20-15-9-7-14(8-10-15)17(23)19-11-16(22)25-2/h7-10,13H,3-6,11-12H2,1-2H3,(H,19,23)(H,20,24). The summed E-state index contributed by atoms with van der Waals surface area (Å²) in [7, 11) is 3.05. The summed E-state index contributed by atoms with van der Waals surface area (Å²) in [5, 5.41) is 5.28. The molecule has 136 valence electrons. The Morgan fingerprint density at radius 1 is 1.16 bits per heavy atom. The van der Waals surface area contributed by atoms with E-state index in [1.54, 1.807) is 36.2 Å². The molecule has 1 aromatic carbocycles. The number of benzene rings is 1. The van der Waals surface area contributed by atoms with Crippen LogP contribution in [0.3, 0.4) is 0 Å². The molecule has 0 spiro atoms. The van der Waals surface area contributed by atoms with E-state index in [4.69, 9.17) is 0 Å². The van der Waals surface area contributed by atoms with Crippen molar-refractivity contribution in [3.8, 4) is 0 Å². The lowest BCUT2D eigenvalue weighted by atomic mass is 10.1. The number of nitrogens with zero attached hydrogens (tertiary/aromatic N) is 1. The summed E-state index contributed by atoms with van der Waals surface area (Å²) in [5.74, 6) is -0.291. The quantitative estimate of drug-likeness (QED) is 0.773. The van der Waals surface area contributed by atoms with E-state index in [0.29, 0.717) is 17.2 Å². The Bertz CT molecular complexity index is 609. The van der Waals surface area contributed by atoms with Crippen LogP contribution in [0.5, 0.6) is 0 Å². The average Bonchev–Trinajstić information content (AvgIpc) is 3.12. The number of amides is 3. The average molecular weight is 347 g/mol. The van der Waals surface area contributed by atoms with Crippen LogP contribution in [0.25, 0.3) is 0 Å². The first kappa shape index (κ1) is 18.8. The third-order valence-corrected chi connectivity index (χ3v) is 4.37. The molecule has 0 heterocycles. The van der Waals surface area contributed by atoms with Gasteiger partial charge in [-0.25, -0.2) is 4.79 Å². The second-order valence-corrected chi connectivity index (χ2v) is 6.30. The van der Waals surface area contributed by atoms with Gasteiger partial charge in [0.15, 0.2) is 0 Å². The van der Waals surface area contributed by atoms with Crippen molar-refractivity contribution in [1.82, 2.24) is 10.2 Å². The van der Waals surface area contributed by atoms with Gasteiger partial charge in [-0.2, -0.15) is 0 Å². The highest BCUT2D eigenvalue weighted by atomic mass is 16.5. The minimum Gasteiger partial charge on any atom is -0.468 e. The Kier molecular flexibility index (Phi) is 6.80. The zero-order valence-electron chi connectivity index (χ0n) is 14.7. The Labute approximate surface area is 147 Å². The fraction of sp³-hybridized carbons (Fsp3) is 0.500. The molecule has 1 saturated carbocycles. The topological polar surface area (TPSA) is 87.7 Å². The van der Waals surface area contributed by atoms with Crippen LogP contribution in [0.2, 0.25) is 0 Å². The highest BCUT2D eigenvalue weighted by Gasteiger charge is 2.19. The number of hydrogen-bond donors (Lipinski definition) is 2. The first-order valence-electron chi connectivity index (χ1n) is 8.47. The molecule has 1 aliphatic carbocycles. The van der Waals surface area contributed by atoms with Crippen LogP contribution in [-0.4, -0.2) is 50.1 Å². The molecule has 0 bridgehead atoms. The lowest BCUT2D eigenvalue weighted by Crippen LogP contribution is -2.34. The molecule has 1 aromatic rings. The number of carbonyl (C=O) groups excluding carboxylic acids is 3. The first-order valence-corrected chi connectivity index (χ1v) is 8.47.